The fraction of sp³-hybridized carbons (Fsp3) is 0.469. The lowest BCUT2D eigenvalue weighted by Crippen LogP contribution is -2.55. The zero-order valence-corrected chi connectivity index (χ0v) is 25.8. The van der Waals surface area contributed by atoms with Gasteiger partial charge in [0.15, 0.2) is 0 Å². The highest BCUT2D eigenvalue weighted by Crippen LogP contribution is 2.34. The average molecular weight is 592 g/mol. The van der Waals surface area contributed by atoms with Crippen molar-refractivity contribution in [3.05, 3.63) is 60.0 Å². The summed E-state index contributed by atoms with van der Waals surface area (Å²) in [6, 6.07) is 7.30. The Kier molecular flexibility index (Phi) is 9.12. The van der Waals surface area contributed by atoms with E-state index in [2.05, 4.69) is 10.3 Å². The fourth-order valence-electron chi connectivity index (χ4n) is 5.33. The van der Waals surface area contributed by atoms with Crippen LogP contribution in [0.5, 0.6) is 0 Å². The second kappa shape index (κ2) is 12.4. The number of aromatic carboxylic acids is 1. The SMILES string of the molecule is CC(C)C(NC(=O)C(C)N(C)C(=O)OC(C)(C)C)C(=O)N1CCCC1c1cncc(-n2cc(C(=O)O)c3ccccc32)c1. The lowest BCUT2D eigenvalue weighted by atomic mass is 10.00. The fourth-order valence-corrected chi connectivity index (χ4v) is 5.33. The van der Waals surface area contributed by atoms with Crippen LogP contribution < -0.4 is 5.32 Å². The number of carboxylic acids is 1. The summed E-state index contributed by atoms with van der Waals surface area (Å²) in [6.45, 7) is 11.1. The smallest absolute Gasteiger partial charge is 0.410 e. The van der Waals surface area contributed by atoms with Crippen LogP contribution in [0.15, 0.2) is 48.9 Å². The average Bonchev–Trinajstić information content (AvgIpc) is 3.59. The molecule has 4 rings (SSSR count). The van der Waals surface area contributed by atoms with Gasteiger partial charge in [0, 0.05) is 31.4 Å². The first kappa shape index (κ1) is 31.5. The van der Waals surface area contributed by atoms with Crippen molar-refractivity contribution in [2.75, 3.05) is 13.6 Å². The van der Waals surface area contributed by atoms with Crippen LogP contribution >= 0.6 is 0 Å². The molecule has 0 aliphatic carbocycles. The summed E-state index contributed by atoms with van der Waals surface area (Å²) in [5.74, 6) is -1.88. The van der Waals surface area contributed by atoms with Gasteiger partial charge in [0.25, 0.3) is 0 Å². The molecule has 3 atom stereocenters. The molecule has 0 bridgehead atoms. The summed E-state index contributed by atoms with van der Waals surface area (Å²) in [7, 11) is 1.49. The minimum atomic E-state index is -1.01. The van der Waals surface area contributed by atoms with E-state index in [1.54, 1.807) is 67.9 Å². The van der Waals surface area contributed by atoms with Crippen LogP contribution in [0, 0.1) is 5.92 Å². The van der Waals surface area contributed by atoms with E-state index in [0.717, 1.165) is 23.9 Å². The van der Waals surface area contributed by atoms with E-state index < -0.39 is 35.7 Å². The number of rotatable bonds is 8. The van der Waals surface area contributed by atoms with Crippen LogP contribution in [0.25, 0.3) is 16.6 Å². The molecule has 230 valence electrons. The first-order valence-corrected chi connectivity index (χ1v) is 14.5. The Morgan fingerprint density at radius 3 is 2.47 bits per heavy atom. The number of hydrogen-bond donors (Lipinski definition) is 2. The molecular weight excluding hydrogens is 550 g/mol. The van der Waals surface area contributed by atoms with Crippen LogP contribution in [0.1, 0.15) is 76.3 Å². The predicted molar refractivity (Wildman–Crippen MR) is 162 cm³/mol. The quantitative estimate of drug-likeness (QED) is 0.385. The Bertz CT molecular complexity index is 1520. The number of likely N-dealkylation sites (tertiary alicyclic amines) is 1. The van der Waals surface area contributed by atoms with Crippen molar-refractivity contribution in [2.45, 2.75) is 78.1 Å². The van der Waals surface area contributed by atoms with Crippen molar-refractivity contribution >= 4 is 34.8 Å². The summed E-state index contributed by atoms with van der Waals surface area (Å²) in [6.07, 6.45) is 5.87. The molecule has 2 aromatic heterocycles. The van der Waals surface area contributed by atoms with Gasteiger partial charge < -0.3 is 24.6 Å². The van der Waals surface area contributed by atoms with Gasteiger partial charge in [-0.2, -0.15) is 0 Å². The van der Waals surface area contributed by atoms with Crippen molar-refractivity contribution in [1.29, 1.82) is 0 Å². The number of nitrogens with one attached hydrogen (secondary N) is 1. The Balaban J connectivity index is 1.56. The van der Waals surface area contributed by atoms with E-state index in [0.29, 0.717) is 17.6 Å². The Morgan fingerprint density at radius 1 is 1.12 bits per heavy atom. The molecule has 3 amide bonds. The number of likely N-dealkylation sites (N-methyl/N-ethyl adjacent to an activating group) is 1. The Morgan fingerprint density at radius 2 is 1.81 bits per heavy atom. The van der Waals surface area contributed by atoms with Crippen LogP contribution in [0.3, 0.4) is 0 Å². The molecule has 1 aliphatic heterocycles. The molecule has 0 radical (unpaired) electrons. The molecule has 11 heteroatoms. The number of benzene rings is 1. The van der Waals surface area contributed by atoms with Gasteiger partial charge in [-0.3, -0.25) is 19.5 Å². The molecule has 1 aliphatic rings. The Labute approximate surface area is 251 Å². The van der Waals surface area contributed by atoms with Crippen LogP contribution in [0.4, 0.5) is 4.79 Å². The molecule has 1 saturated heterocycles. The molecule has 11 nitrogen and oxygen atoms in total. The maximum Gasteiger partial charge on any atom is 0.410 e. The molecule has 3 aromatic rings. The second-order valence-electron chi connectivity index (χ2n) is 12.4. The zero-order valence-electron chi connectivity index (χ0n) is 25.8. The third kappa shape index (κ3) is 6.81. The third-order valence-electron chi connectivity index (χ3n) is 7.76. The molecule has 43 heavy (non-hydrogen) atoms. The molecular formula is C32H41N5O6. The van der Waals surface area contributed by atoms with Gasteiger partial charge in [-0.05, 0) is 64.2 Å². The molecule has 1 fully saturated rings. The van der Waals surface area contributed by atoms with E-state index in [1.807, 2.05) is 32.0 Å². The van der Waals surface area contributed by atoms with E-state index in [4.69, 9.17) is 4.74 Å². The number of carboxylic acid groups (broad SMARTS) is 1. The van der Waals surface area contributed by atoms with Gasteiger partial charge in [-0.15, -0.1) is 0 Å². The molecule has 0 spiro atoms. The van der Waals surface area contributed by atoms with Crippen molar-refractivity contribution in [1.82, 2.24) is 24.7 Å². The van der Waals surface area contributed by atoms with Crippen LogP contribution in [-0.2, 0) is 14.3 Å². The summed E-state index contributed by atoms with van der Waals surface area (Å²) >= 11 is 0. The Hall–Kier alpha value is -4.41. The van der Waals surface area contributed by atoms with E-state index in [1.165, 1.54) is 11.9 Å². The summed E-state index contributed by atoms with van der Waals surface area (Å²) < 4.78 is 7.19. The van der Waals surface area contributed by atoms with E-state index in [-0.39, 0.29) is 23.4 Å². The maximum atomic E-state index is 13.9. The monoisotopic (exact) mass is 591 g/mol. The number of ether oxygens (including phenoxy) is 1. The van der Waals surface area contributed by atoms with Gasteiger partial charge in [-0.1, -0.05) is 32.0 Å². The maximum absolute atomic E-state index is 13.9. The zero-order chi connectivity index (χ0) is 31.6. The highest BCUT2D eigenvalue weighted by molar-refractivity contribution is 6.04. The highest BCUT2D eigenvalue weighted by Gasteiger charge is 2.38. The normalized spacial score (nSPS) is 16.7. The van der Waals surface area contributed by atoms with Crippen molar-refractivity contribution in [3.8, 4) is 5.69 Å². The lowest BCUT2D eigenvalue weighted by molar-refractivity contribution is -0.139. The number of hydrogen-bond acceptors (Lipinski definition) is 6. The number of aromatic nitrogens is 2. The third-order valence-corrected chi connectivity index (χ3v) is 7.76. The van der Waals surface area contributed by atoms with Crippen LogP contribution in [-0.4, -0.2) is 79.6 Å². The molecule has 2 N–H and O–H groups in total. The number of carbonyl (C=O) groups is 4. The largest absolute Gasteiger partial charge is 0.478 e. The molecule has 3 heterocycles. The number of fused-ring (bicyclic) bond motifs is 1. The van der Waals surface area contributed by atoms with Gasteiger partial charge in [0.05, 0.1) is 29.0 Å². The summed E-state index contributed by atoms with van der Waals surface area (Å²) in [5.41, 5.74) is 1.74. The number of carbonyl (C=O) groups excluding carboxylic acids is 3. The first-order chi connectivity index (χ1) is 20.2. The molecule has 3 unspecified atom stereocenters. The minimum Gasteiger partial charge on any atom is -0.478 e. The minimum absolute atomic E-state index is 0.195. The first-order valence-electron chi connectivity index (χ1n) is 14.5. The van der Waals surface area contributed by atoms with Gasteiger partial charge in [0.1, 0.15) is 17.7 Å². The van der Waals surface area contributed by atoms with Crippen molar-refractivity contribution < 1.29 is 29.0 Å². The van der Waals surface area contributed by atoms with Gasteiger partial charge in [-0.25, -0.2) is 9.59 Å². The summed E-state index contributed by atoms with van der Waals surface area (Å²) in [4.78, 5) is 59.0. The number of nitrogens with zero attached hydrogens (tertiary/aromatic N) is 4. The molecule has 1 aromatic carbocycles. The summed E-state index contributed by atoms with van der Waals surface area (Å²) in [5, 5.41) is 13.2. The van der Waals surface area contributed by atoms with Gasteiger partial charge >= 0.3 is 12.1 Å². The number of para-hydroxylation sites is 1. The van der Waals surface area contributed by atoms with Crippen molar-refractivity contribution in [2.24, 2.45) is 5.92 Å². The second-order valence-corrected chi connectivity index (χ2v) is 12.4. The van der Waals surface area contributed by atoms with Gasteiger partial charge in [0.2, 0.25) is 11.8 Å². The van der Waals surface area contributed by atoms with Crippen LogP contribution in [0.2, 0.25) is 0 Å². The van der Waals surface area contributed by atoms with Crippen molar-refractivity contribution in [3.63, 3.8) is 0 Å². The topological polar surface area (TPSA) is 134 Å². The number of pyridine rings is 1. The predicted octanol–water partition coefficient (Wildman–Crippen LogP) is 4.78. The number of amides is 3. The highest BCUT2D eigenvalue weighted by atomic mass is 16.6. The standard InChI is InChI=1S/C32H41N5O6/c1-19(2)27(34-28(38)20(3)35(7)31(42)43-32(4,5)6)29(39)36-14-10-13-25(36)21-15-22(17-33-16-21)37-18-24(30(40)41)23-11-8-9-12-26(23)37/h8-9,11-12,15-20,25,27H,10,13-14H2,1-7H3,(H,34,38)(H,40,41). The lowest BCUT2D eigenvalue weighted by Gasteiger charge is -2.33. The van der Waals surface area contributed by atoms with E-state index in [9.17, 15) is 24.3 Å². The molecule has 0 saturated carbocycles. The van der Waals surface area contributed by atoms with E-state index >= 15 is 0 Å².